The second kappa shape index (κ2) is 14.3. The second-order valence-electron chi connectivity index (χ2n) is 11.3. The summed E-state index contributed by atoms with van der Waals surface area (Å²) < 4.78 is 29.5. The summed E-state index contributed by atoms with van der Waals surface area (Å²) >= 11 is 0. The largest absolute Gasteiger partial charge is 0.394 e. The molecule has 1 saturated carbocycles. The summed E-state index contributed by atoms with van der Waals surface area (Å²) in [5, 5.41) is 68.6. The normalized spacial score (nSPS) is 49.7. The van der Waals surface area contributed by atoms with Gasteiger partial charge in [0.1, 0.15) is 42.7 Å². The van der Waals surface area contributed by atoms with Gasteiger partial charge in [0.15, 0.2) is 18.9 Å². The first kappa shape index (κ1) is 33.7. The Morgan fingerprint density at radius 3 is 2.17 bits per heavy atom. The van der Waals surface area contributed by atoms with Crippen LogP contribution in [0.4, 0.5) is 0 Å². The zero-order chi connectivity index (χ0) is 30.9. The van der Waals surface area contributed by atoms with Crippen LogP contribution in [0, 0.1) is 0 Å². The number of rotatable bonds is 9. The standard InChI is InChI=1S/C24H46N6O12/c1-29-14-17(35)21-10(5-9(28)22(41-21)40-20-8(27)4-7(26)15(33)18(20)36)38-23(14)42-24-19(37)16(34)13(11(6-31)39-24)30-12(32)2-3-25/h7-11,13-24,29,31,33-37H,2-6,25-28H2,1H3,(H,30,32)/t7?,8?,9-,10-,11?,13?,14?,15?,16?,17?,18?,19?,20?,21?,22?,23?,24?/m0/s1. The second-order valence-corrected chi connectivity index (χ2v) is 11.3. The number of fused-ring (bicyclic) bond motifs is 1. The molecule has 1 amide bonds. The van der Waals surface area contributed by atoms with Gasteiger partial charge in [-0.25, -0.2) is 0 Å². The van der Waals surface area contributed by atoms with E-state index in [0.717, 1.165) is 0 Å². The molecule has 18 nitrogen and oxygen atoms in total. The van der Waals surface area contributed by atoms with E-state index in [2.05, 4.69) is 10.6 Å². The van der Waals surface area contributed by atoms with Crippen LogP contribution in [0.3, 0.4) is 0 Å². The first-order chi connectivity index (χ1) is 19.9. The molecule has 0 bridgehead atoms. The number of aliphatic hydroxyl groups excluding tert-OH is 6. The highest BCUT2D eigenvalue weighted by Crippen LogP contribution is 2.35. The molecule has 3 heterocycles. The number of ether oxygens (including phenoxy) is 5. The molecule has 3 saturated heterocycles. The Hall–Kier alpha value is -1.17. The lowest BCUT2D eigenvalue weighted by atomic mass is 9.84. The van der Waals surface area contributed by atoms with Gasteiger partial charge >= 0.3 is 0 Å². The maximum absolute atomic E-state index is 12.0. The number of nitrogens with two attached hydrogens (primary N) is 4. The van der Waals surface area contributed by atoms with Gasteiger partial charge in [-0.15, -0.1) is 0 Å². The maximum Gasteiger partial charge on any atom is 0.221 e. The summed E-state index contributed by atoms with van der Waals surface area (Å²) in [6.45, 7) is -0.547. The Morgan fingerprint density at radius 1 is 0.810 bits per heavy atom. The summed E-state index contributed by atoms with van der Waals surface area (Å²) in [7, 11) is 1.53. The molecule has 0 aromatic carbocycles. The third-order valence-electron chi connectivity index (χ3n) is 8.39. The number of amides is 1. The van der Waals surface area contributed by atoms with Crippen molar-refractivity contribution in [2.45, 2.75) is 123 Å². The van der Waals surface area contributed by atoms with E-state index in [-0.39, 0.29) is 25.8 Å². The van der Waals surface area contributed by atoms with E-state index >= 15 is 0 Å². The summed E-state index contributed by atoms with van der Waals surface area (Å²) in [5.41, 5.74) is 23.6. The zero-order valence-electron chi connectivity index (χ0n) is 23.3. The minimum Gasteiger partial charge on any atom is -0.394 e. The van der Waals surface area contributed by atoms with Gasteiger partial charge < -0.3 is 87.9 Å². The molecule has 15 unspecified atom stereocenters. The number of carbonyl (C=O) groups excluding carboxylic acids is 1. The minimum absolute atomic E-state index is 0.0299. The van der Waals surface area contributed by atoms with Crippen LogP contribution in [0.2, 0.25) is 0 Å². The molecule has 0 aromatic heterocycles. The quantitative estimate of drug-likeness (QED) is 0.115. The van der Waals surface area contributed by atoms with E-state index in [4.69, 9.17) is 46.6 Å². The topological polar surface area (TPSA) is 313 Å². The highest BCUT2D eigenvalue weighted by molar-refractivity contribution is 5.76. The summed E-state index contributed by atoms with van der Waals surface area (Å²) in [6, 6.07) is -4.29. The van der Waals surface area contributed by atoms with Gasteiger partial charge in [0, 0.05) is 25.0 Å². The Bertz CT molecular complexity index is 893. The van der Waals surface area contributed by atoms with E-state index in [1.807, 2.05) is 0 Å². The molecule has 1 aliphatic carbocycles. The molecule has 4 rings (SSSR count). The summed E-state index contributed by atoms with van der Waals surface area (Å²) in [5.74, 6) is -0.495. The highest BCUT2D eigenvalue weighted by atomic mass is 16.8. The Kier molecular flexibility index (Phi) is 11.5. The zero-order valence-corrected chi connectivity index (χ0v) is 23.3. The molecule has 4 aliphatic rings. The fourth-order valence-corrected chi connectivity index (χ4v) is 5.99. The number of hydrogen-bond donors (Lipinski definition) is 12. The number of hydrogen-bond acceptors (Lipinski definition) is 17. The van der Waals surface area contributed by atoms with Crippen LogP contribution in [-0.4, -0.2) is 161 Å². The first-order valence-corrected chi connectivity index (χ1v) is 14.1. The molecule has 3 aliphatic heterocycles. The van der Waals surface area contributed by atoms with Crippen molar-refractivity contribution in [3.05, 3.63) is 0 Å². The molecule has 18 heteroatoms. The molecule has 42 heavy (non-hydrogen) atoms. The lowest BCUT2D eigenvalue weighted by Gasteiger charge is -2.51. The van der Waals surface area contributed by atoms with Gasteiger partial charge in [-0.2, -0.15) is 0 Å². The van der Waals surface area contributed by atoms with Crippen LogP contribution < -0.4 is 33.6 Å². The fourth-order valence-electron chi connectivity index (χ4n) is 5.99. The van der Waals surface area contributed by atoms with Crippen molar-refractivity contribution in [2.24, 2.45) is 22.9 Å². The lowest BCUT2D eigenvalue weighted by molar-refractivity contribution is -0.373. The summed E-state index contributed by atoms with van der Waals surface area (Å²) in [6.07, 6.45) is -14.6. The molecule has 0 spiro atoms. The van der Waals surface area contributed by atoms with E-state index in [1.165, 1.54) is 7.05 Å². The number of nitrogens with one attached hydrogen (secondary N) is 2. The minimum atomic E-state index is -1.66. The Balaban J connectivity index is 1.42. The van der Waals surface area contributed by atoms with Gasteiger partial charge in [0.2, 0.25) is 5.91 Å². The molecular formula is C24H46N6O12. The van der Waals surface area contributed by atoms with Crippen LogP contribution in [0.15, 0.2) is 0 Å². The van der Waals surface area contributed by atoms with Crippen molar-refractivity contribution in [2.75, 3.05) is 20.2 Å². The first-order valence-electron chi connectivity index (χ1n) is 14.1. The van der Waals surface area contributed by atoms with Gasteiger partial charge in [-0.1, -0.05) is 0 Å². The molecule has 4 fully saturated rings. The number of likely N-dealkylation sites (N-methyl/N-ethyl adjacent to an activating group) is 1. The van der Waals surface area contributed by atoms with Crippen LogP contribution in [0.25, 0.3) is 0 Å². The van der Waals surface area contributed by atoms with Crippen molar-refractivity contribution in [1.82, 2.24) is 10.6 Å². The van der Waals surface area contributed by atoms with E-state index in [9.17, 15) is 35.4 Å². The average molecular weight is 611 g/mol. The van der Waals surface area contributed by atoms with Gasteiger partial charge in [0.05, 0.1) is 36.9 Å². The van der Waals surface area contributed by atoms with Crippen LogP contribution in [0.5, 0.6) is 0 Å². The Labute approximate surface area is 242 Å². The van der Waals surface area contributed by atoms with Crippen LogP contribution in [-0.2, 0) is 28.5 Å². The number of aliphatic hydroxyl groups is 6. The van der Waals surface area contributed by atoms with E-state index in [1.54, 1.807) is 0 Å². The third-order valence-corrected chi connectivity index (χ3v) is 8.39. The predicted octanol–water partition coefficient (Wildman–Crippen LogP) is -7.44. The van der Waals surface area contributed by atoms with Gasteiger partial charge in [-0.05, 0) is 19.9 Å². The van der Waals surface area contributed by atoms with Gasteiger partial charge in [0.25, 0.3) is 0 Å². The molecule has 0 aromatic rings. The van der Waals surface area contributed by atoms with Crippen molar-refractivity contribution in [3.63, 3.8) is 0 Å². The van der Waals surface area contributed by atoms with E-state index < -0.39 is 117 Å². The van der Waals surface area contributed by atoms with Crippen LogP contribution >= 0.6 is 0 Å². The SMILES string of the molecule is CNC1C(OC2OC(CO)C(NC(=O)CCN)C(O)C2O)O[C@H]2C[C@H](N)C(OC3C(N)CC(N)C(O)C3O)OC2C1O. The molecule has 0 radical (unpaired) electrons. The van der Waals surface area contributed by atoms with Crippen LogP contribution in [0.1, 0.15) is 19.3 Å². The van der Waals surface area contributed by atoms with Crippen molar-refractivity contribution < 1.29 is 59.1 Å². The van der Waals surface area contributed by atoms with Crippen molar-refractivity contribution >= 4 is 5.91 Å². The third kappa shape index (κ3) is 6.89. The maximum atomic E-state index is 12.0. The Morgan fingerprint density at radius 2 is 1.52 bits per heavy atom. The molecule has 244 valence electrons. The average Bonchev–Trinajstić information content (AvgIpc) is 2.94. The smallest absolute Gasteiger partial charge is 0.221 e. The monoisotopic (exact) mass is 610 g/mol. The fraction of sp³-hybridized carbons (Fsp3) is 0.958. The van der Waals surface area contributed by atoms with Crippen molar-refractivity contribution in [1.29, 1.82) is 0 Å². The number of carbonyl (C=O) groups is 1. The summed E-state index contributed by atoms with van der Waals surface area (Å²) in [4.78, 5) is 12.0. The van der Waals surface area contributed by atoms with Gasteiger partial charge in [-0.3, -0.25) is 4.79 Å². The van der Waals surface area contributed by atoms with Crippen molar-refractivity contribution in [3.8, 4) is 0 Å². The molecular weight excluding hydrogens is 564 g/mol. The molecule has 16 N–H and O–H groups in total. The predicted molar refractivity (Wildman–Crippen MR) is 141 cm³/mol. The lowest BCUT2D eigenvalue weighted by Crippen LogP contribution is -2.70. The van der Waals surface area contributed by atoms with E-state index in [0.29, 0.717) is 0 Å². The molecule has 17 atom stereocenters. The highest BCUT2D eigenvalue weighted by Gasteiger charge is 2.54.